The molecular formula is C11H15IN2O2. The second-order valence-electron chi connectivity index (χ2n) is 3.78. The Hall–Kier alpha value is -0.690. The predicted molar refractivity (Wildman–Crippen MR) is 72.4 cm³/mol. The molecule has 2 N–H and O–H groups in total. The highest BCUT2D eigenvalue weighted by Crippen LogP contribution is 2.23. The van der Waals surface area contributed by atoms with Crippen molar-refractivity contribution in [3.05, 3.63) is 37.4 Å². The standard InChI is InChI=1S/C11H15IN2O2/c1-2-3-10(13)6-8-4-5-9(12)7-11(8)14(15)16/h4-5,7,10H,2-3,6,13H2,1H3. The van der Waals surface area contributed by atoms with Crippen LogP contribution in [0.25, 0.3) is 0 Å². The number of nitrogens with zero attached hydrogens (tertiary/aromatic N) is 1. The summed E-state index contributed by atoms with van der Waals surface area (Å²) < 4.78 is 0.872. The van der Waals surface area contributed by atoms with Gasteiger partial charge in [0.2, 0.25) is 0 Å². The fourth-order valence-electron chi connectivity index (χ4n) is 1.63. The van der Waals surface area contributed by atoms with Crippen molar-refractivity contribution in [3.8, 4) is 0 Å². The molecule has 88 valence electrons. The molecule has 0 fully saturated rings. The third kappa shape index (κ3) is 3.71. The lowest BCUT2D eigenvalue weighted by atomic mass is 10.0. The fraction of sp³-hybridized carbons (Fsp3) is 0.455. The molecule has 0 radical (unpaired) electrons. The van der Waals surface area contributed by atoms with E-state index in [-0.39, 0.29) is 16.7 Å². The molecule has 0 aromatic heterocycles. The van der Waals surface area contributed by atoms with Crippen LogP contribution in [-0.2, 0) is 6.42 Å². The molecule has 0 saturated heterocycles. The summed E-state index contributed by atoms with van der Waals surface area (Å²) in [5.41, 5.74) is 6.81. The molecule has 5 heteroatoms. The second-order valence-corrected chi connectivity index (χ2v) is 5.03. The third-order valence-corrected chi connectivity index (χ3v) is 3.06. The molecule has 1 atom stereocenters. The lowest BCUT2D eigenvalue weighted by molar-refractivity contribution is -0.385. The van der Waals surface area contributed by atoms with Crippen molar-refractivity contribution in [2.45, 2.75) is 32.2 Å². The van der Waals surface area contributed by atoms with E-state index in [0.717, 1.165) is 22.0 Å². The summed E-state index contributed by atoms with van der Waals surface area (Å²) >= 11 is 2.07. The van der Waals surface area contributed by atoms with Crippen LogP contribution in [0.1, 0.15) is 25.3 Å². The lowest BCUT2D eigenvalue weighted by Gasteiger charge is -2.10. The zero-order valence-electron chi connectivity index (χ0n) is 9.15. The minimum absolute atomic E-state index is 0.00348. The van der Waals surface area contributed by atoms with E-state index in [1.165, 1.54) is 0 Å². The van der Waals surface area contributed by atoms with E-state index >= 15 is 0 Å². The van der Waals surface area contributed by atoms with E-state index in [4.69, 9.17) is 5.73 Å². The second kappa shape index (κ2) is 6.15. The van der Waals surface area contributed by atoms with Gasteiger partial charge < -0.3 is 5.73 Å². The summed E-state index contributed by atoms with van der Waals surface area (Å²) in [6, 6.07) is 5.27. The van der Waals surface area contributed by atoms with E-state index in [1.54, 1.807) is 12.1 Å². The smallest absolute Gasteiger partial charge is 0.273 e. The highest BCUT2D eigenvalue weighted by molar-refractivity contribution is 14.1. The number of nitrogens with two attached hydrogens (primary N) is 1. The van der Waals surface area contributed by atoms with E-state index in [1.807, 2.05) is 6.07 Å². The van der Waals surface area contributed by atoms with Gasteiger partial charge in [0.25, 0.3) is 5.69 Å². The van der Waals surface area contributed by atoms with Gasteiger partial charge in [-0.1, -0.05) is 19.4 Å². The molecule has 0 saturated carbocycles. The van der Waals surface area contributed by atoms with Crippen molar-refractivity contribution in [1.29, 1.82) is 0 Å². The van der Waals surface area contributed by atoms with Crippen molar-refractivity contribution in [2.75, 3.05) is 0 Å². The van der Waals surface area contributed by atoms with Crippen molar-refractivity contribution >= 4 is 28.3 Å². The summed E-state index contributed by atoms with van der Waals surface area (Å²) in [4.78, 5) is 10.5. The number of hydrogen-bond acceptors (Lipinski definition) is 3. The first kappa shape index (κ1) is 13.4. The molecule has 1 aromatic rings. The monoisotopic (exact) mass is 334 g/mol. The molecule has 0 heterocycles. The number of benzene rings is 1. The van der Waals surface area contributed by atoms with Crippen molar-refractivity contribution in [1.82, 2.24) is 0 Å². The van der Waals surface area contributed by atoms with Crippen LogP contribution in [0.2, 0.25) is 0 Å². The molecule has 0 amide bonds. The Labute approximate surface area is 109 Å². The number of hydrogen-bond donors (Lipinski definition) is 1. The average molecular weight is 334 g/mol. The SMILES string of the molecule is CCCC(N)Cc1ccc(I)cc1[N+](=O)[O-]. The van der Waals surface area contributed by atoms with E-state index < -0.39 is 0 Å². The van der Waals surface area contributed by atoms with Crippen LogP contribution in [0.15, 0.2) is 18.2 Å². The number of nitro groups is 1. The number of rotatable bonds is 5. The Kier molecular flexibility index (Phi) is 5.14. The molecule has 16 heavy (non-hydrogen) atoms. The Morgan fingerprint density at radius 2 is 2.25 bits per heavy atom. The van der Waals surface area contributed by atoms with Crippen molar-refractivity contribution in [2.24, 2.45) is 5.73 Å². The molecule has 0 aliphatic carbocycles. The van der Waals surface area contributed by atoms with Crippen molar-refractivity contribution in [3.63, 3.8) is 0 Å². The van der Waals surface area contributed by atoms with Crippen LogP contribution < -0.4 is 5.73 Å². The maximum absolute atomic E-state index is 10.9. The van der Waals surface area contributed by atoms with Crippen LogP contribution >= 0.6 is 22.6 Å². The zero-order chi connectivity index (χ0) is 12.1. The van der Waals surface area contributed by atoms with Crippen LogP contribution in [0.3, 0.4) is 0 Å². The number of nitro benzene ring substituents is 1. The minimum Gasteiger partial charge on any atom is -0.327 e. The Balaban J connectivity index is 2.90. The Morgan fingerprint density at radius 3 is 2.81 bits per heavy atom. The van der Waals surface area contributed by atoms with Crippen LogP contribution in [-0.4, -0.2) is 11.0 Å². The first-order valence-electron chi connectivity index (χ1n) is 5.23. The zero-order valence-corrected chi connectivity index (χ0v) is 11.3. The maximum atomic E-state index is 10.9. The van der Waals surface area contributed by atoms with Gasteiger partial charge in [-0.25, -0.2) is 0 Å². The number of halogens is 1. The molecule has 4 nitrogen and oxygen atoms in total. The lowest BCUT2D eigenvalue weighted by Crippen LogP contribution is -2.22. The van der Waals surface area contributed by atoms with Crippen LogP contribution in [0, 0.1) is 13.7 Å². The molecule has 0 bridgehead atoms. The predicted octanol–water partition coefficient (Wildman–Crippen LogP) is 2.87. The summed E-state index contributed by atoms with van der Waals surface area (Å²) in [6.45, 7) is 2.06. The molecule has 0 aliphatic rings. The highest BCUT2D eigenvalue weighted by atomic mass is 127. The molecular weight excluding hydrogens is 319 g/mol. The van der Waals surface area contributed by atoms with Gasteiger partial charge in [-0.2, -0.15) is 0 Å². The molecule has 1 unspecified atom stereocenters. The average Bonchev–Trinajstić information content (AvgIpc) is 2.20. The fourth-order valence-corrected chi connectivity index (χ4v) is 2.11. The van der Waals surface area contributed by atoms with Gasteiger partial charge in [0.15, 0.2) is 0 Å². The summed E-state index contributed by atoms with van der Waals surface area (Å²) in [5, 5.41) is 10.9. The van der Waals surface area contributed by atoms with Gasteiger partial charge in [0.1, 0.15) is 0 Å². The van der Waals surface area contributed by atoms with Gasteiger partial charge in [0, 0.05) is 21.2 Å². The van der Waals surface area contributed by atoms with Crippen LogP contribution in [0.4, 0.5) is 5.69 Å². The van der Waals surface area contributed by atoms with E-state index in [0.29, 0.717) is 6.42 Å². The summed E-state index contributed by atoms with van der Waals surface area (Å²) in [5.74, 6) is 0. The van der Waals surface area contributed by atoms with E-state index in [2.05, 4.69) is 29.5 Å². The quantitative estimate of drug-likeness (QED) is 0.511. The Morgan fingerprint density at radius 1 is 1.56 bits per heavy atom. The Bertz CT molecular complexity index is 382. The van der Waals surface area contributed by atoms with Gasteiger partial charge in [-0.3, -0.25) is 10.1 Å². The van der Waals surface area contributed by atoms with Gasteiger partial charge in [-0.15, -0.1) is 0 Å². The largest absolute Gasteiger partial charge is 0.327 e. The first-order chi connectivity index (χ1) is 7.54. The van der Waals surface area contributed by atoms with Gasteiger partial charge >= 0.3 is 0 Å². The van der Waals surface area contributed by atoms with Crippen molar-refractivity contribution < 1.29 is 4.92 Å². The summed E-state index contributed by atoms with van der Waals surface area (Å²) in [7, 11) is 0. The topological polar surface area (TPSA) is 69.2 Å². The molecule has 1 aromatic carbocycles. The highest BCUT2D eigenvalue weighted by Gasteiger charge is 2.16. The molecule has 0 aliphatic heterocycles. The van der Waals surface area contributed by atoms with Gasteiger partial charge in [0.05, 0.1) is 4.92 Å². The van der Waals surface area contributed by atoms with E-state index in [9.17, 15) is 10.1 Å². The minimum atomic E-state index is -0.337. The van der Waals surface area contributed by atoms with Gasteiger partial charge in [-0.05, 0) is 41.5 Å². The first-order valence-corrected chi connectivity index (χ1v) is 6.31. The molecule has 1 rings (SSSR count). The maximum Gasteiger partial charge on any atom is 0.273 e. The molecule has 0 spiro atoms. The normalized spacial score (nSPS) is 12.4. The van der Waals surface area contributed by atoms with Crippen LogP contribution in [0.5, 0.6) is 0 Å². The third-order valence-electron chi connectivity index (χ3n) is 2.39. The summed E-state index contributed by atoms with van der Waals surface area (Å²) in [6.07, 6.45) is 2.46.